The average molecular weight is 249 g/mol. The first-order valence-corrected chi connectivity index (χ1v) is 6.18. The topological polar surface area (TPSA) is 41.5 Å². The zero-order chi connectivity index (χ0) is 13.7. The van der Waals surface area contributed by atoms with Gasteiger partial charge < -0.3 is 15.2 Å². The summed E-state index contributed by atoms with van der Waals surface area (Å²) < 4.78 is 5.23. The quantitative estimate of drug-likeness (QED) is 0.761. The summed E-state index contributed by atoms with van der Waals surface area (Å²) in [5, 5.41) is 13.6. The maximum Gasteiger partial charge on any atom is 0.119 e. The molecular weight excluding hydrogens is 226 g/mol. The van der Waals surface area contributed by atoms with Crippen LogP contribution in [-0.4, -0.2) is 24.8 Å². The van der Waals surface area contributed by atoms with Gasteiger partial charge in [0.25, 0.3) is 0 Å². The molecule has 0 fully saturated rings. The molecule has 0 bridgehead atoms. The van der Waals surface area contributed by atoms with Crippen molar-refractivity contribution in [1.82, 2.24) is 5.32 Å². The Bertz CT molecular complexity index is 392. The summed E-state index contributed by atoms with van der Waals surface area (Å²) in [6.45, 7) is 10.3. The molecule has 0 amide bonds. The number of ether oxygens (including phenoxy) is 1. The molecule has 0 spiro atoms. The van der Waals surface area contributed by atoms with E-state index in [0.29, 0.717) is 6.54 Å². The minimum absolute atomic E-state index is 0.0196. The van der Waals surface area contributed by atoms with Gasteiger partial charge in [0.05, 0.1) is 13.2 Å². The Hall–Kier alpha value is -1.32. The van der Waals surface area contributed by atoms with E-state index in [4.69, 9.17) is 4.74 Å². The zero-order valence-corrected chi connectivity index (χ0v) is 11.7. The van der Waals surface area contributed by atoms with Crippen LogP contribution in [0.5, 0.6) is 5.75 Å². The zero-order valence-electron chi connectivity index (χ0n) is 11.7. The monoisotopic (exact) mass is 249 g/mol. The van der Waals surface area contributed by atoms with Crippen molar-refractivity contribution in [2.24, 2.45) is 0 Å². The summed E-state index contributed by atoms with van der Waals surface area (Å²) in [5.41, 5.74) is 3.07. The van der Waals surface area contributed by atoms with Crippen LogP contribution in [0.15, 0.2) is 24.8 Å². The first-order valence-electron chi connectivity index (χ1n) is 6.18. The van der Waals surface area contributed by atoms with Crippen LogP contribution in [0.25, 0.3) is 0 Å². The minimum atomic E-state index is -0.532. The van der Waals surface area contributed by atoms with Gasteiger partial charge in [-0.1, -0.05) is 6.08 Å². The van der Waals surface area contributed by atoms with Crippen molar-refractivity contribution in [3.05, 3.63) is 41.5 Å². The van der Waals surface area contributed by atoms with Gasteiger partial charge >= 0.3 is 0 Å². The summed E-state index contributed by atoms with van der Waals surface area (Å²) in [6.07, 6.45) is 1.26. The maximum absolute atomic E-state index is 10.4. The molecule has 0 heterocycles. The molecular formula is C15H23NO2. The molecule has 2 unspecified atom stereocenters. The molecule has 1 rings (SSSR count). The predicted molar refractivity (Wildman–Crippen MR) is 75.1 cm³/mol. The summed E-state index contributed by atoms with van der Waals surface area (Å²) in [4.78, 5) is 0. The number of benzene rings is 1. The Kier molecular flexibility index (Phi) is 5.38. The van der Waals surface area contributed by atoms with Crippen LogP contribution in [-0.2, 0) is 0 Å². The Balaban J connectivity index is 2.98. The molecule has 0 radical (unpaired) electrons. The van der Waals surface area contributed by atoms with Gasteiger partial charge in [0, 0.05) is 12.6 Å². The number of rotatable bonds is 6. The third-order valence-corrected chi connectivity index (χ3v) is 3.16. The highest BCUT2D eigenvalue weighted by molar-refractivity contribution is 5.42. The average Bonchev–Trinajstić information content (AvgIpc) is 2.34. The van der Waals surface area contributed by atoms with E-state index in [1.807, 2.05) is 32.9 Å². The fourth-order valence-corrected chi connectivity index (χ4v) is 2.15. The number of aryl methyl sites for hydroxylation is 2. The normalized spacial score (nSPS) is 14.1. The van der Waals surface area contributed by atoms with Crippen molar-refractivity contribution < 1.29 is 9.84 Å². The summed E-state index contributed by atoms with van der Waals surface area (Å²) >= 11 is 0. The molecule has 2 atom stereocenters. The van der Waals surface area contributed by atoms with Crippen molar-refractivity contribution in [1.29, 1.82) is 0 Å². The van der Waals surface area contributed by atoms with E-state index in [1.165, 1.54) is 0 Å². The third-order valence-electron chi connectivity index (χ3n) is 3.16. The molecule has 0 saturated carbocycles. The standard InChI is InChI=1S/C15H23NO2/c1-6-7-16-12(4)15(17)14-10(2)8-13(18-5)9-11(14)3/h6,8-9,12,15-17H,1,7H2,2-5H3. The molecule has 3 heteroatoms. The number of hydrogen-bond acceptors (Lipinski definition) is 3. The highest BCUT2D eigenvalue weighted by Crippen LogP contribution is 2.28. The second kappa shape index (κ2) is 6.57. The number of methoxy groups -OCH3 is 1. The van der Waals surface area contributed by atoms with Gasteiger partial charge in [-0.2, -0.15) is 0 Å². The maximum atomic E-state index is 10.4. The Labute approximate surface area is 109 Å². The minimum Gasteiger partial charge on any atom is -0.497 e. The van der Waals surface area contributed by atoms with Gasteiger partial charge in [0.1, 0.15) is 5.75 Å². The van der Waals surface area contributed by atoms with E-state index in [2.05, 4.69) is 11.9 Å². The van der Waals surface area contributed by atoms with Gasteiger partial charge in [-0.15, -0.1) is 6.58 Å². The van der Waals surface area contributed by atoms with E-state index in [0.717, 1.165) is 22.4 Å². The number of hydrogen-bond donors (Lipinski definition) is 2. The Morgan fingerprint density at radius 1 is 1.39 bits per heavy atom. The van der Waals surface area contributed by atoms with Crippen molar-refractivity contribution in [3.8, 4) is 5.75 Å². The molecule has 0 saturated heterocycles. The molecule has 0 aliphatic carbocycles. The van der Waals surface area contributed by atoms with E-state index in [1.54, 1.807) is 13.2 Å². The van der Waals surface area contributed by atoms with Crippen molar-refractivity contribution >= 4 is 0 Å². The largest absolute Gasteiger partial charge is 0.497 e. The lowest BCUT2D eigenvalue weighted by Gasteiger charge is -2.24. The molecule has 0 aromatic heterocycles. The van der Waals surface area contributed by atoms with Crippen LogP contribution in [0.1, 0.15) is 29.7 Å². The van der Waals surface area contributed by atoms with Gasteiger partial charge in [-0.25, -0.2) is 0 Å². The lowest BCUT2D eigenvalue weighted by atomic mass is 9.94. The van der Waals surface area contributed by atoms with E-state index < -0.39 is 6.10 Å². The number of nitrogens with one attached hydrogen (secondary N) is 1. The van der Waals surface area contributed by atoms with Gasteiger partial charge in [-0.3, -0.25) is 0 Å². The third kappa shape index (κ3) is 3.34. The van der Waals surface area contributed by atoms with Crippen LogP contribution in [0, 0.1) is 13.8 Å². The first-order chi connectivity index (χ1) is 8.51. The fourth-order valence-electron chi connectivity index (χ4n) is 2.15. The Morgan fingerprint density at radius 3 is 2.39 bits per heavy atom. The lowest BCUT2D eigenvalue weighted by Crippen LogP contribution is -2.32. The van der Waals surface area contributed by atoms with E-state index in [-0.39, 0.29) is 6.04 Å². The molecule has 0 aliphatic heterocycles. The van der Waals surface area contributed by atoms with Crippen LogP contribution < -0.4 is 10.1 Å². The Morgan fingerprint density at radius 2 is 1.94 bits per heavy atom. The molecule has 100 valence electrons. The van der Waals surface area contributed by atoms with Crippen molar-refractivity contribution in [2.75, 3.05) is 13.7 Å². The number of aliphatic hydroxyl groups excluding tert-OH is 1. The molecule has 3 nitrogen and oxygen atoms in total. The van der Waals surface area contributed by atoms with E-state index >= 15 is 0 Å². The molecule has 1 aromatic rings. The molecule has 2 N–H and O–H groups in total. The van der Waals surface area contributed by atoms with Crippen molar-refractivity contribution in [3.63, 3.8) is 0 Å². The SMILES string of the molecule is C=CCNC(C)C(O)c1c(C)cc(OC)cc1C. The highest BCUT2D eigenvalue weighted by Gasteiger charge is 2.20. The van der Waals surface area contributed by atoms with Gasteiger partial charge in [0.15, 0.2) is 0 Å². The molecule has 0 aliphatic rings. The van der Waals surface area contributed by atoms with Crippen LogP contribution in [0.4, 0.5) is 0 Å². The predicted octanol–water partition coefficient (Wildman–Crippen LogP) is 2.51. The highest BCUT2D eigenvalue weighted by atomic mass is 16.5. The van der Waals surface area contributed by atoms with Gasteiger partial charge in [-0.05, 0) is 49.6 Å². The van der Waals surface area contributed by atoms with E-state index in [9.17, 15) is 5.11 Å². The summed E-state index contributed by atoms with van der Waals surface area (Å²) in [6, 6.07) is 3.88. The van der Waals surface area contributed by atoms with Gasteiger partial charge in [0.2, 0.25) is 0 Å². The smallest absolute Gasteiger partial charge is 0.119 e. The second-order valence-corrected chi connectivity index (χ2v) is 4.61. The molecule has 1 aromatic carbocycles. The molecule has 18 heavy (non-hydrogen) atoms. The summed E-state index contributed by atoms with van der Waals surface area (Å²) in [7, 11) is 1.65. The number of aliphatic hydroxyl groups is 1. The lowest BCUT2D eigenvalue weighted by molar-refractivity contribution is 0.136. The van der Waals surface area contributed by atoms with Crippen LogP contribution >= 0.6 is 0 Å². The van der Waals surface area contributed by atoms with Crippen molar-refractivity contribution in [2.45, 2.75) is 32.9 Å². The fraction of sp³-hybridized carbons (Fsp3) is 0.467. The second-order valence-electron chi connectivity index (χ2n) is 4.61. The first kappa shape index (κ1) is 14.7. The summed E-state index contributed by atoms with van der Waals surface area (Å²) in [5.74, 6) is 0.827. The van der Waals surface area contributed by atoms with Crippen LogP contribution in [0.2, 0.25) is 0 Å². The van der Waals surface area contributed by atoms with Crippen LogP contribution in [0.3, 0.4) is 0 Å².